The quantitative estimate of drug-likeness (QED) is 0.520. The van der Waals surface area contributed by atoms with Gasteiger partial charge in [0.25, 0.3) is 0 Å². The van der Waals surface area contributed by atoms with Gasteiger partial charge < -0.3 is 15.3 Å². The highest BCUT2D eigenvalue weighted by Gasteiger charge is 2.45. The molecule has 2 atom stereocenters. The van der Waals surface area contributed by atoms with Gasteiger partial charge in [0.15, 0.2) is 0 Å². The van der Waals surface area contributed by atoms with Crippen molar-refractivity contribution >= 4 is 12.1 Å². The van der Waals surface area contributed by atoms with E-state index in [9.17, 15) is 14.7 Å². The Hall–Kier alpha value is -1.30. The second-order valence-electron chi connectivity index (χ2n) is 3.47. The summed E-state index contributed by atoms with van der Waals surface area (Å²) >= 11 is 0. The van der Waals surface area contributed by atoms with Crippen LogP contribution in [0.15, 0.2) is 0 Å². The lowest BCUT2D eigenvalue weighted by Gasteiger charge is -2.17. The molecule has 0 aliphatic carbocycles. The van der Waals surface area contributed by atoms with Gasteiger partial charge in [-0.15, -0.1) is 0 Å². The third-order valence-corrected chi connectivity index (χ3v) is 2.05. The van der Waals surface area contributed by atoms with Crippen LogP contribution >= 0.6 is 0 Å². The molecule has 6 heteroatoms. The molecule has 74 valence electrons. The Balaban J connectivity index is 2.83. The number of nitrogens with zero attached hydrogens (tertiary/aromatic N) is 1. The summed E-state index contributed by atoms with van der Waals surface area (Å²) in [5.41, 5.74) is -1.23. The fourth-order valence-corrected chi connectivity index (χ4v) is 1.49. The van der Waals surface area contributed by atoms with Crippen LogP contribution < -0.4 is 0 Å². The van der Waals surface area contributed by atoms with Crippen LogP contribution in [0.4, 0.5) is 4.79 Å². The average molecular weight is 189 g/mol. The van der Waals surface area contributed by atoms with Crippen molar-refractivity contribution in [3.05, 3.63) is 0 Å². The fourth-order valence-electron chi connectivity index (χ4n) is 1.49. The number of carboxylic acids is 1. The van der Waals surface area contributed by atoms with Crippen molar-refractivity contribution in [3.8, 4) is 0 Å². The van der Waals surface area contributed by atoms with Gasteiger partial charge in [-0.3, -0.25) is 4.90 Å². The molecule has 1 saturated heterocycles. The van der Waals surface area contributed by atoms with Crippen molar-refractivity contribution in [1.82, 2.24) is 4.90 Å². The lowest BCUT2D eigenvalue weighted by atomic mass is 10.0. The van der Waals surface area contributed by atoms with Gasteiger partial charge in [-0.25, -0.2) is 9.59 Å². The molecule has 13 heavy (non-hydrogen) atoms. The van der Waals surface area contributed by atoms with Gasteiger partial charge in [-0.05, 0) is 6.92 Å². The number of carboxylic acid groups (broad SMARTS) is 2. The third-order valence-electron chi connectivity index (χ3n) is 2.05. The second kappa shape index (κ2) is 2.88. The number of aliphatic carboxylic acids is 1. The zero-order valence-corrected chi connectivity index (χ0v) is 7.10. The summed E-state index contributed by atoms with van der Waals surface area (Å²) in [6.07, 6.45) is -1.38. The molecule has 0 aromatic rings. The van der Waals surface area contributed by atoms with E-state index in [0.29, 0.717) is 0 Å². The van der Waals surface area contributed by atoms with Gasteiger partial charge >= 0.3 is 12.1 Å². The number of aliphatic hydroxyl groups is 1. The Kier molecular flexibility index (Phi) is 2.17. The van der Waals surface area contributed by atoms with Crippen LogP contribution in [0.5, 0.6) is 0 Å². The summed E-state index contributed by atoms with van der Waals surface area (Å²) in [6, 6.07) is -1.13. The maximum Gasteiger partial charge on any atom is 0.408 e. The highest BCUT2D eigenvalue weighted by molar-refractivity contribution is 5.80. The van der Waals surface area contributed by atoms with Crippen molar-refractivity contribution in [1.29, 1.82) is 0 Å². The van der Waals surface area contributed by atoms with Crippen LogP contribution in [0, 0.1) is 0 Å². The van der Waals surface area contributed by atoms with Crippen molar-refractivity contribution in [2.24, 2.45) is 0 Å². The summed E-state index contributed by atoms with van der Waals surface area (Å²) in [5.74, 6) is -1.22. The molecule has 6 nitrogen and oxygen atoms in total. The van der Waals surface area contributed by atoms with E-state index in [1.807, 2.05) is 0 Å². The monoisotopic (exact) mass is 189 g/mol. The summed E-state index contributed by atoms with van der Waals surface area (Å²) in [6.45, 7) is 1.27. The molecule has 1 heterocycles. The number of amides is 1. The summed E-state index contributed by atoms with van der Waals surface area (Å²) in [7, 11) is 0. The summed E-state index contributed by atoms with van der Waals surface area (Å²) < 4.78 is 0. The van der Waals surface area contributed by atoms with Crippen molar-refractivity contribution in [3.63, 3.8) is 0 Å². The number of rotatable bonds is 1. The van der Waals surface area contributed by atoms with E-state index < -0.39 is 23.7 Å². The first-order valence-electron chi connectivity index (χ1n) is 3.78. The molecule has 1 rings (SSSR count). The summed E-state index contributed by atoms with van der Waals surface area (Å²) in [5, 5.41) is 26.7. The Labute approximate surface area is 74.4 Å². The first kappa shape index (κ1) is 9.79. The molecule has 1 aliphatic heterocycles. The van der Waals surface area contributed by atoms with E-state index in [4.69, 9.17) is 10.2 Å². The van der Waals surface area contributed by atoms with Gasteiger partial charge in [0, 0.05) is 6.42 Å². The lowest BCUT2D eigenvalue weighted by Crippen LogP contribution is -2.40. The molecule has 0 spiro atoms. The topological polar surface area (TPSA) is 98.1 Å². The molecule has 0 radical (unpaired) electrons. The van der Waals surface area contributed by atoms with E-state index in [0.717, 1.165) is 4.90 Å². The van der Waals surface area contributed by atoms with Gasteiger partial charge in [0.05, 0.1) is 12.1 Å². The van der Waals surface area contributed by atoms with Crippen LogP contribution in [0.1, 0.15) is 13.3 Å². The predicted octanol–water partition coefficient (Wildman–Crippen LogP) is -0.426. The Bertz CT molecular complexity index is 225. The minimum absolute atomic E-state index is 0.0609. The van der Waals surface area contributed by atoms with Gasteiger partial charge in [-0.1, -0.05) is 0 Å². The molecule has 0 bridgehead atoms. The van der Waals surface area contributed by atoms with Gasteiger partial charge in [0.2, 0.25) is 0 Å². The fraction of sp³-hybridized carbons (Fsp3) is 0.714. The summed E-state index contributed by atoms with van der Waals surface area (Å²) in [4.78, 5) is 21.9. The van der Waals surface area contributed by atoms with E-state index in [1.54, 1.807) is 0 Å². The van der Waals surface area contributed by atoms with Gasteiger partial charge in [-0.2, -0.15) is 0 Å². The minimum atomic E-state index is -1.31. The van der Waals surface area contributed by atoms with Crippen molar-refractivity contribution < 1.29 is 24.9 Å². The molecule has 2 unspecified atom stereocenters. The Morgan fingerprint density at radius 3 is 2.31 bits per heavy atom. The molecule has 1 fully saturated rings. The highest BCUT2D eigenvalue weighted by Crippen LogP contribution is 2.26. The van der Waals surface area contributed by atoms with Crippen LogP contribution in [-0.2, 0) is 4.79 Å². The number of β-amino-alcohol motifs (C(OH)–C–C–N with tert-alkyl or cyclic N) is 1. The molecule has 3 N–H and O–H groups in total. The Morgan fingerprint density at radius 2 is 2.00 bits per heavy atom. The van der Waals surface area contributed by atoms with E-state index in [2.05, 4.69) is 0 Å². The van der Waals surface area contributed by atoms with E-state index >= 15 is 0 Å². The predicted molar refractivity (Wildman–Crippen MR) is 41.4 cm³/mol. The van der Waals surface area contributed by atoms with Crippen LogP contribution in [0.3, 0.4) is 0 Å². The molecule has 1 amide bonds. The molecular weight excluding hydrogens is 178 g/mol. The van der Waals surface area contributed by atoms with Gasteiger partial charge in [0.1, 0.15) is 6.04 Å². The normalized spacial score (nSPS) is 33.4. The number of likely N-dealkylation sites (tertiary alicyclic amines) is 1. The maximum atomic E-state index is 10.6. The smallest absolute Gasteiger partial charge is 0.408 e. The average Bonchev–Trinajstić information content (AvgIpc) is 2.26. The molecular formula is C7H11NO5. The molecule has 1 aliphatic rings. The SMILES string of the molecule is CC1(O)CC(C(=O)O)N(C(=O)O)C1. The first-order chi connectivity index (χ1) is 5.83. The number of carbonyl (C=O) groups is 2. The molecule has 0 aromatic heterocycles. The highest BCUT2D eigenvalue weighted by atomic mass is 16.4. The zero-order valence-electron chi connectivity index (χ0n) is 7.10. The van der Waals surface area contributed by atoms with Crippen molar-refractivity contribution in [2.75, 3.05) is 6.54 Å². The standard InChI is InChI=1S/C7H11NO5/c1-7(13)2-4(5(9)10)8(3-7)6(11)12/h4,13H,2-3H2,1H3,(H,9,10)(H,11,12). The van der Waals surface area contributed by atoms with Crippen LogP contribution in [0.25, 0.3) is 0 Å². The second-order valence-corrected chi connectivity index (χ2v) is 3.47. The molecule has 0 saturated carbocycles. The maximum absolute atomic E-state index is 10.6. The number of hydrogen-bond acceptors (Lipinski definition) is 3. The zero-order chi connectivity index (χ0) is 10.2. The molecule has 0 aromatic carbocycles. The Morgan fingerprint density at radius 1 is 1.46 bits per heavy atom. The van der Waals surface area contributed by atoms with E-state index in [1.165, 1.54) is 6.92 Å². The van der Waals surface area contributed by atoms with Crippen molar-refractivity contribution in [2.45, 2.75) is 25.0 Å². The lowest BCUT2D eigenvalue weighted by molar-refractivity contribution is -0.141. The van der Waals surface area contributed by atoms with Crippen LogP contribution in [0.2, 0.25) is 0 Å². The van der Waals surface area contributed by atoms with E-state index in [-0.39, 0.29) is 13.0 Å². The first-order valence-corrected chi connectivity index (χ1v) is 3.78. The minimum Gasteiger partial charge on any atom is -0.480 e. The van der Waals surface area contributed by atoms with Crippen LogP contribution in [-0.4, -0.2) is 50.5 Å². The third kappa shape index (κ3) is 1.89. The largest absolute Gasteiger partial charge is 0.480 e. The number of hydrogen-bond donors (Lipinski definition) is 3.